The maximum Gasteiger partial charge on any atom is 0.247 e. The van der Waals surface area contributed by atoms with Crippen LogP contribution in [0.1, 0.15) is 18.1 Å². The highest BCUT2D eigenvalue weighted by Crippen LogP contribution is 2.35. The van der Waals surface area contributed by atoms with E-state index in [1.165, 1.54) is 23.9 Å². The molecule has 6 nitrogen and oxygen atoms in total. The minimum absolute atomic E-state index is 0.0982. The zero-order valence-electron chi connectivity index (χ0n) is 14.7. The van der Waals surface area contributed by atoms with Gasteiger partial charge in [0.15, 0.2) is 11.0 Å². The zero-order chi connectivity index (χ0) is 18.8. The van der Waals surface area contributed by atoms with Gasteiger partial charge in [-0.1, -0.05) is 30.0 Å². The van der Waals surface area contributed by atoms with Crippen molar-refractivity contribution in [1.29, 1.82) is 0 Å². The molecule has 0 saturated carbocycles. The molecule has 8 heteroatoms. The van der Waals surface area contributed by atoms with Crippen LogP contribution in [0.15, 0.2) is 64.2 Å². The summed E-state index contributed by atoms with van der Waals surface area (Å²) in [5, 5.41) is 17.3. The standard InChI is InChI=1S/C19H16FN5OS/c1-12(17-22-23-18(26-17)14-6-4-3-5-7-14)27-19-24-21-16(25(19)2)13-8-10-15(20)11-9-13/h3-12H,1-2H3/t12-/m0/s1. The van der Waals surface area contributed by atoms with E-state index in [-0.39, 0.29) is 11.1 Å². The van der Waals surface area contributed by atoms with Gasteiger partial charge in [0.2, 0.25) is 11.8 Å². The van der Waals surface area contributed by atoms with Gasteiger partial charge in [-0.2, -0.15) is 0 Å². The Labute approximate surface area is 159 Å². The van der Waals surface area contributed by atoms with Gasteiger partial charge < -0.3 is 8.98 Å². The van der Waals surface area contributed by atoms with Crippen molar-refractivity contribution in [3.05, 3.63) is 66.3 Å². The Morgan fingerprint density at radius 2 is 1.67 bits per heavy atom. The van der Waals surface area contributed by atoms with Crippen molar-refractivity contribution in [3.8, 4) is 22.8 Å². The second kappa shape index (κ2) is 7.32. The predicted molar refractivity (Wildman–Crippen MR) is 100 cm³/mol. The topological polar surface area (TPSA) is 69.6 Å². The van der Waals surface area contributed by atoms with Crippen LogP contribution in [0.2, 0.25) is 0 Å². The summed E-state index contributed by atoms with van der Waals surface area (Å²) in [6.07, 6.45) is 0. The van der Waals surface area contributed by atoms with Crippen molar-refractivity contribution in [3.63, 3.8) is 0 Å². The van der Waals surface area contributed by atoms with Crippen LogP contribution in [0, 0.1) is 5.82 Å². The van der Waals surface area contributed by atoms with E-state index < -0.39 is 0 Å². The number of nitrogens with zero attached hydrogens (tertiary/aromatic N) is 5. The fourth-order valence-corrected chi connectivity index (χ4v) is 3.42. The monoisotopic (exact) mass is 381 g/mol. The van der Waals surface area contributed by atoms with Gasteiger partial charge >= 0.3 is 0 Å². The molecular formula is C19H16FN5OS. The van der Waals surface area contributed by atoms with Crippen LogP contribution in [0.4, 0.5) is 4.39 Å². The highest BCUT2D eigenvalue weighted by atomic mass is 32.2. The van der Waals surface area contributed by atoms with Gasteiger partial charge in [0, 0.05) is 18.2 Å². The van der Waals surface area contributed by atoms with Crippen LogP contribution in [0.25, 0.3) is 22.8 Å². The van der Waals surface area contributed by atoms with Crippen LogP contribution in [0.5, 0.6) is 0 Å². The molecule has 4 rings (SSSR count). The molecule has 0 fully saturated rings. The van der Waals surface area contributed by atoms with E-state index in [1.54, 1.807) is 12.1 Å². The molecule has 4 aromatic rings. The molecule has 0 bridgehead atoms. The molecule has 0 aliphatic heterocycles. The molecule has 0 aliphatic rings. The summed E-state index contributed by atoms with van der Waals surface area (Å²) in [4.78, 5) is 0. The van der Waals surface area contributed by atoms with Gasteiger partial charge in [-0.05, 0) is 43.3 Å². The molecule has 0 unspecified atom stereocenters. The number of thioether (sulfide) groups is 1. The van der Waals surface area contributed by atoms with E-state index in [0.29, 0.717) is 22.8 Å². The van der Waals surface area contributed by atoms with E-state index in [0.717, 1.165) is 11.1 Å². The number of benzene rings is 2. The van der Waals surface area contributed by atoms with Crippen molar-refractivity contribution in [1.82, 2.24) is 25.0 Å². The lowest BCUT2D eigenvalue weighted by molar-refractivity contribution is 0.508. The summed E-state index contributed by atoms with van der Waals surface area (Å²) in [7, 11) is 1.87. The fourth-order valence-electron chi connectivity index (χ4n) is 2.57. The van der Waals surface area contributed by atoms with Crippen molar-refractivity contribution in [2.45, 2.75) is 17.3 Å². The molecule has 0 amide bonds. The molecule has 0 aliphatic carbocycles. The van der Waals surface area contributed by atoms with Crippen molar-refractivity contribution < 1.29 is 8.81 Å². The summed E-state index contributed by atoms with van der Waals surface area (Å²) in [6, 6.07) is 15.8. The second-order valence-electron chi connectivity index (χ2n) is 5.94. The third kappa shape index (κ3) is 3.61. The maximum atomic E-state index is 13.1. The molecule has 2 aromatic heterocycles. The van der Waals surface area contributed by atoms with Gasteiger partial charge in [0.1, 0.15) is 5.82 Å². The largest absolute Gasteiger partial charge is 0.419 e. The number of hydrogen-bond acceptors (Lipinski definition) is 6. The lowest BCUT2D eigenvalue weighted by Gasteiger charge is -2.07. The lowest BCUT2D eigenvalue weighted by Crippen LogP contribution is -1.97. The van der Waals surface area contributed by atoms with Gasteiger partial charge in [-0.15, -0.1) is 20.4 Å². The Hall–Kier alpha value is -3.00. The summed E-state index contributed by atoms with van der Waals surface area (Å²) in [5.74, 6) is 1.39. The Morgan fingerprint density at radius 3 is 2.41 bits per heavy atom. The molecule has 2 heterocycles. The van der Waals surface area contributed by atoms with E-state index in [1.807, 2.05) is 48.9 Å². The third-order valence-corrected chi connectivity index (χ3v) is 5.15. The summed E-state index contributed by atoms with van der Waals surface area (Å²) >= 11 is 1.47. The van der Waals surface area contributed by atoms with Gasteiger partial charge in [-0.25, -0.2) is 4.39 Å². The number of halogens is 1. The van der Waals surface area contributed by atoms with Gasteiger partial charge in [0.25, 0.3) is 0 Å². The Morgan fingerprint density at radius 1 is 0.926 bits per heavy atom. The Balaban J connectivity index is 1.53. The van der Waals surface area contributed by atoms with Crippen LogP contribution in [0.3, 0.4) is 0 Å². The van der Waals surface area contributed by atoms with E-state index in [2.05, 4.69) is 20.4 Å². The molecule has 136 valence electrons. The summed E-state index contributed by atoms with van der Waals surface area (Å²) in [6.45, 7) is 1.97. The molecular weight excluding hydrogens is 365 g/mol. The van der Waals surface area contributed by atoms with Crippen LogP contribution in [-0.4, -0.2) is 25.0 Å². The van der Waals surface area contributed by atoms with Crippen LogP contribution >= 0.6 is 11.8 Å². The van der Waals surface area contributed by atoms with Crippen molar-refractivity contribution in [2.24, 2.45) is 7.05 Å². The average Bonchev–Trinajstić information content (AvgIpc) is 3.31. The summed E-state index contributed by atoms with van der Waals surface area (Å²) in [5.41, 5.74) is 1.68. The SMILES string of the molecule is C[C@H](Sc1nnc(-c2ccc(F)cc2)n1C)c1nnc(-c2ccccc2)o1. The van der Waals surface area contributed by atoms with Gasteiger partial charge in [-0.3, -0.25) is 0 Å². The smallest absolute Gasteiger partial charge is 0.247 e. The van der Waals surface area contributed by atoms with E-state index in [4.69, 9.17) is 4.42 Å². The summed E-state index contributed by atoms with van der Waals surface area (Å²) < 4.78 is 20.8. The third-order valence-electron chi connectivity index (χ3n) is 4.03. The molecule has 2 aromatic carbocycles. The highest BCUT2D eigenvalue weighted by molar-refractivity contribution is 7.99. The first-order valence-corrected chi connectivity index (χ1v) is 9.20. The quantitative estimate of drug-likeness (QED) is 0.473. The minimum atomic E-state index is -0.283. The van der Waals surface area contributed by atoms with E-state index >= 15 is 0 Å². The first-order chi connectivity index (χ1) is 13.1. The number of aromatic nitrogens is 5. The average molecular weight is 381 g/mol. The lowest BCUT2D eigenvalue weighted by atomic mass is 10.2. The molecule has 0 saturated heterocycles. The number of hydrogen-bond donors (Lipinski definition) is 0. The normalized spacial score (nSPS) is 12.3. The predicted octanol–water partition coefficient (Wildman–Crippen LogP) is 4.52. The fraction of sp³-hybridized carbons (Fsp3) is 0.158. The molecule has 0 radical (unpaired) electrons. The highest BCUT2D eigenvalue weighted by Gasteiger charge is 2.20. The Kier molecular flexibility index (Phi) is 4.72. The van der Waals surface area contributed by atoms with E-state index in [9.17, 15) is 4.39 Å². The maximum absolute atomic E-state index is 13.1. The van der Waals surface area contributed by atoms with Crippen molar-refractivity contribution >= 4 is 11.8 Å². The first kappa shape index (κ1) is 17.4. The number of rotatable bonds is 5. The van der Waals surface area contributed by atoms with Crippen LogP contribution in [-0.2, 0) is 7.05 Å². The second-order valence-corrected chi connectivity index (χ2v) is 7.25. The minimum Gasteiger partial charge on any atom is -0.419 e. The zero-order valence-corrected chi connectivity index (χ0v) is 15.5. The molecule has 0 N–H and O–H groups in total. The van der Waals surface area contributed by atoms with Gasteiger partial charge in [0.05, 0.1) is 5.25 Å². The van der Waals surface area contributed by atoms with Crippen LogP contribution < -0.4 is 0 Å². The van der Waals surface area contributed by atoms with Crippen molar-refractivity contribution in [2.75, 3.05) is 0 Å². The molecule has 0 spiro atoms. The Bertz CT molecular complexity index is 1050. The first-order valence-electron chi connectivity index (χ1n) is 8.32. The molecule has 1 atom stereocenters. The molecule has 27 heavy (non-hydrogen) atoms.